The Bertz CT molecular complexity index is 1840. The first-order valence-electron chi connectivity index (χ1n) is 13.1. The highest BCUT2D eigenvalue weighted by Gasteiger charge is 2.21. The van der Waals surface area contributed by atoms with Crippen LogP contribution in [0, 0.1) is 11.3 Å². The van der Waals surface area contributed by atoms with Crippen LogP contribution < -0.4 is 4.72 Å². The summed E-state index contributed by atoms with van der Waals surface area (Å²) in [5, 5.41) is 9.14. The number of benzene rings is 4. The van der Waals surface area contributed by atoms with Gasteiger partial charge < -0.3 is 9.30 Å². The smallest absolute Gasteiger partial charge is 0.310 e. The molecule has 41 heavy (non-hydrogen) atoms. The average molecular weight is 565 g/mol. The normalized spacial score (nSPS) is 11.2. The number of aromatic nitrogens is 2. The van der Waals surface area contributed by atoms with E-state index in [4.69, 9.17) is 15.0 Å². The summed E-state index contributed by atoms with van der Waals surface area (Å²) < 4.78 is 36.6. The lowest BCUT2D eigenvalue weighted by atomic mass is 10.1. The van der Waals surface area contributed by atoms with Crippen molar-refractivity contribution in [3.63, 3.8) is 0 Å². The molecule has 4 aromatic carbocycles. The summed E-state index contributed by atoms with van der Waals surface area (Å²) in [6, 6.07) is 31.2. The number of hydrogen-bond acceptors (Lipinski definition) is 6. The summed E-state index contributed by atoms with van der Waals surface area (Å²) in [5.41, 5.74) is 4.93. The molecule has 1 heterocycles. The van der Waals surface area contributed by atoms with Crippen molar-refractivity contribution in [3.8, 4) is 6.07 Å². The minimum Gasteiger partial charge on any atom is -0.466 e. The van der Waals surface area contributed by atoms with E-state index in [9.17, 15) is 13.2 Å². The van der Waals surface area contributed by atoms with Crippen molar-refractivity contribution in [3.05, 3.63) is 125 Å². The van der Waals surface area contributed by atoms with Gasteiger partial charge in [-0.2, -0.15) is 5.26 Å². The maximum atomic E-state index is 13.4. The van der Waals surface area contributed by atoms with Crippen molar-refractivity contribution in [2.24, 2.45) is 0 Å². The van der Waals surface area contributed by atoms with E-state index < -0.39 is 16.0 Å². The largest absolute Gasteiger partial charge is 0.466 e. The third-order valence-electron chi connectivity index (χ3n) is 6.61. The predicted molar refractivity (Wildman–Crippen MR) is 157 cm³/mol. The molecule has 5 rings (SSSR count). The number of nitrogens with zero attached hydrogens (tertiary/aromatic N) is 3. The van der Waals surface area contributed by atoms with Crippen LogP contribution in [0.1, 0.15) is 35.0 Å². The zero-order valence-electron chi connectivity index (χ0n) is 22.4. The van der Waals surface area contributed by atoms with E-state index in [1.54, 1.807) is 49.4 Å². The van der Waals surface area contributed by atoms with E-state index in [1.165, 1.54) is 6.07 Å². The molecule has 0 saturated carbocycles. The molecule has 0 amide bonds. The molecule has 0 aliphatic carbocycles. The van der Waals surface area contributed by atoms with Crippen LogP contribution in [0.2, 0.25) is 0 Å². The van der Waals surface area contributed by atoms with Crippen LogP contribution >= 0.6 is 0 Å². The first-order chi connectivity index (χ1) is 19.9. The molecule has 0 spiro atoms. The fourth-order valence-electron chi connectivity index (χ4n) is 4.69. The maximum Gasteiger partial charge on any atom is 0.310 e. The molecular weight excluding hydrogens is 536 g/mol. The van der Waals surface area contributed by atoms with Gasteiger partial charge in [-0.15, -0.1) is 0 Å². The van der Waals surface area contributed by atoms with E-state index in [0.29, 0.717) is 35.3 Å². The van der Waals surface area contributed by atoms with Gasteiger partial charge in [-0.3, -0.25) is 9.52 Å². The van der Waals surface area contributed by atoms with Crippen molar-refractivity contribution in [2.75, 3.05) is 11.3 Å². The second kappa shape index (κ2) is 12.1. The first kappa shape index (κ1) is 27.6. The van der Waals surface area contributed by atoms with Gasteiger partial charge in [0.25, 0.3) is 10.0 Å². The van der Waals surface area contributed by atoms with Gasteiger partial charge in [0.1, 0.15) is 5.82 Å². The van der Waals surface area contributed by atoms with Gasteiger partial charge in [0, 0.05) is 13.0 Å². The molecule has 9 heteroatoms. The number of sulfonamides is 1. The summed E-state index contributed by atoms with van der Waals surface area (Å²) in [6.07, 6.45) is 0.391. The first-order valence-corrected chi connectivity index (χ1v) is 14.6. The monoisotopic (exact) mass is 564 g/mol. The zero-order valence-corrected chi connectivity index (χ0v) is 23.3. The highest BCUT2D eigenvalue weighted by molar-refractivity contribution is 7.92. The average Bonchev–Trinajstić information content (AvgIpc) is 3.29. The second-order valence-electron chi connectivity index (χ2n) is 9.48. The van der Waals surface area contributed by atoms with E-state index in [1.807, 2.05) is 48.5 Å². The van der Waals surface area contributed by atoms with E-state index in [-0.39, 0.29) is 17.9 Å². The number of nitrogens with one attached hydrogen (secondary N) is 1. The molecule has 0 saturated heterocycles. The molecule has 0 fully saturated rings. The summed E-state index contributed by atoms with van der Waals surface area (Å²) >= 11 is 0. The van der Waals surface area contributed by atoms with Crippen molar-refractivity contribution >= 4 is 32.7 Å². The number of nitriles is 1. The Morgan fingerprint density at radius 3 is 2.41 bits per heavy atom. The Morgan fingerprint density at radius 1 is 0.951 bits per heavy atom. The molecule has 5 aromatic rings. The van der Waals surface area contributed by atoms with Crippen LogP contribution in [0.5, 0.6) is 0 Å². The van der Waals surface area contributed by atoms with Crippen molar-refractivity contribution in [1.29, 1.82) is 5.26 Å². The number of ether oxygens (including phenoxy) is 1. The number of esters is 1. The minimum absolute atomic E-state index is 0.0178. The number of rotatable bonds is 10. The molecule has 1 aromatic heterocycles. The van der Waals surface area contributed by atoms with Crippen LogP contribution in [-0.4, -0.2) is 30.5 Å². The number of imidazole rings is 1. The number of hydrogen-bond donors (Lipinski definition) is 1. The predicted octanol–water partition coefficient (Wildman–Crippen LogP) is 5.45. The summed E-state index contributed by atoms with van der Waals surface area (Å²) in [4.78, 5) is 17.0. The Balaban J connectivity index is 1.48. The molecule has 0 radical (unpaired) electrons. The van der Waals surface area contributed by atoms with Crippen LogP contribution in [0.25, 0.3) is 11.0 Å². The molecule has 0 bridgehead atoms. The molecule has 0 atom stereocenters. The standard InChI is InChI=1S/C32H28N4O4S/c1-2-40-32(37)19-26-10-6-7-11-30(26)41(38,39)35-27-16-17-29-28(20-27)34-31(18-23-12-14-24(21-33)15-13-23)36(29)22-25-8-4-3-5-9-25/h3-17,20,35H,2,18-19,22H2,1H3. The summed E-state index contributed by atoms with van der Waals surface area (Å²) in [6.45, 7) is 2.51. The number of carbonyl (C=O) groups is 1. The highest BCUT2D eigenvalue weighted by atomic mass is 32.2. The van der Waals surface area contributed by atoms with Crippen molar-refractivity contribution in [2.45, 2.75) is 31.2 Å². The molecule has 1 N–H and O–H groups in total. The molecule has 206 valence electrons. The fraction of sp³-hybridized carbons (Fsp3) is 0.156. The Morgan fingerprint density at radius 2 is 1.68 bits per heavy atom. The van der Waals surface area contributed by atoms with E-state index in [0.717, 1.165) is 22.5 Å². The molecule has 0 aliphatic heterocycles. The van der Waals surface area contributed by atoms with Gasteiger partial charge in [0.2, 0.25) is 0 Å². The van der Waals surface area contributed by atoms with Gasteiger partial charge in [-0.1, -0.05) is 60.7 Å². The third kappa shape index (κ3) is 6.45. The topological polar surface area (TPSA) is 114 Å². The molecular formula is C32H28N4O4S. The van der Waals surface area contributed by atoms with E-state index >= 15 is 0 Å². The lowest BCUT2D eigenvalue weighted by molar-refractivity contribution is -0.142. The van der Waals surface area contributed by atoms with Gasteiger partial charge in [0.05, 0.1) is 46.3 Å². The molecule has 8 nitrogen and oxygen atoms in total. The fourth-order valence-corrected chi connectivity index (χ4v) is 5.98. The van der Waals surface area contributed by atoms with Crippen LogP contribution in [0.3, 0.4) is 0 Å². The Kier molecular flexibility index (Phi) is 8.13. The van der Waals surface area contributed by atoms with Crippen molar-refractivity contribution in [1.82, 2.24) is 9.55 Å². The Hall–Kier alpha value is -4.94. The van der Waals surface area contributed by atoms with Gasteiger partial charge in [-0.05, 0) is 60.0 Å². The van der Waals surface area contributed by atoms with Crippen LogP contribution in [-0.2, 0) is 38.9 Å². The van der Waals surface area contributed by atoms with Gasteiger partial charge in [-0.25, -0.2) is 13.4 Å². The number of anilines is 1. The van der Waals surface area contributed by atoms with Gasteiger partial charge >= 0.3 is 5.97 Å². The zero-order chi connectivity index (χ0) is 28.8. The minimum atomic E-state index is -4.00. The highest BCUT2D eigenvalue weighted by Crippen LogP contribution is 2.26. The van der Waals surface area contributed by atoms with Crippen LogP contribution in [0.4, 0.5) is 5.69 Å². The summed E-state index contributed by atoms with van der Waals surface area (Å²) in [7, 11) is -4.00. The summed E-state index contributed by atoms with van der Waals surface area (Å²) in [5.74, 6) is 0.323. The molecule has 0 unspecified atom stereocenters. The van der Waals surface area contributed by atoms with Crippen molar-refractivity contribution < 1.29 is 17.9 Å². The number of carbonyl (C=O) groups excluding carboxylic acids is 1. The third-order valence-corrected chi connectivity index (χ3v) is 8.09. The maximum absolute atomic E-state index is 13.4. The second-order valence-corrected chi connectivity index (χ2v) is 11.1. The molecule has 0 aliphatic rings. The quantitative estimate of drug-likeness (QED) is 0.226. The lowest BCUT2D eigenvalue weighted by Crippen LogP contribution is -2.17. The number of fused-ring (bicyclic) bond motifs is 1. The SMILES string of the molecule is CCOC(=O)Cc1ccccc1S(=O)(=O)Nc1ccc2c(c1)nc(Cc1ccc(C#N)cc1)n2Cc1ccccc1. The van der Waals surface area contributed by atoms with Gasteiger partial charge in [0.15, 0.2) is 0 Å². The lowest BCUT2D eigenvalue weighted by Gasteiger charge is -2.13. The Labute approximate surface area is 238 Å². The van der Waals surface area contributed by atoms with Crippen LogP contribution in [0.15, 0.2) is 102 Å². The van der Waals surface area contributed by atoms with E-state index in [2.05, 4.69) is 15.4 Å².